The molecule has 4 rings (SSSR count). The van der Waals surface area contributed by atoms with Gasteiger partial charge in [-0.3, -0.25) is 9.99 Å². The van der Waals surface area contributed by atoms with Crippen LogP contribution in [0.4, 0.5) is 36.4 Å². The zero-order valence-electron chi connectivity index (χ0n) is 16.8. The molecule has 0 saturated heterocycles. The van der Waals surface area contributed by atoms with Gasteiger partial charge in [0.15, 0.2) is 5.82 Å². The lowest BCUT2D eigenvalue weighted by molar-refractivity contribution is -0.249. The van der Waals surface area contributed by atoms with E-state index in [-0.39, 0.29) is 18.0 Å². The maximum absolute atomic E-state index is 14.4. The number of alkyl halides is 5. The minimum atomic E-state index is -5.87. The Morgan fingerprint density at radius 3 is 2.42 bits per heavy atom. The van der Waals surface area contributed by atoms with Crippen LogP contribution in [0.25, 0.3) is 5.57 Å². The molecule has 12 heteroatoms. The van der Waals surface area contributed by atoms with Crippen molar-refractivity contribution < 1.29 is 30.7 Å². The number of rotatable bonds is 4. The third-order valence-corrected chi connectivity index (χ3v) is 5.36. The molecule has 2 aliphatic rings. The highest BCUT2D eigenvalue weighted by molar-refractivity contribution is 5.95. The number of benzene rings is 1. The highest BCUT2D eigenvalue weighted by atomic mass is 35.5. The molecule has 2 aliphatic heterocycles. The fraction of sp³-hybridized carbons (Fsp3) is 0.333. The fourth-order valence-corrected chi connectivity index (χ4v) is 3.71. The smallest absolute Gasteiger partial charge is 0.313 e. The van der Waals surface area contributed by atoms with E-state index in [1.165, 1.54) is 6.20 Å². The number of hydrazone groups is 1. The van der Waals surface area contributed by atoms with Crippen LogP contribution < -0.4 is 10.3 Å². The molecular formula is C21H18ClF7N4. The van der Waals surface area contributed by atoms with E-state index in [0.717, 1.165) is 29.3 Å². The van der Waals surface area contributed by atoms with Crippen molar-refractivity contribution in [3.63, 3.8) is 0 Å². The van der Waals surface area contributed by atoms with Crippen LogP contribution in [0.1, 0.15) is 30.0 Å². The van der Waals surface area contributed by atoms with Crippen LogP contribution in [0.2, 0.25) is 0 Å². The van der Waals surface area contributed by atoms with Crippen molar-refractivity contribution in [2.75, 3.05) is 18.1 Å². The van der Waals surface area contributed by atoms with Gasteiger partial charge < -0.3 is 5.32 Å². The summed E-state index contributed by atoms with van der Waals surface area (Å²) in [7, 11) is 0. The van der Waals surface area contributed by atoms with E-state index in [0.29, 0.717) is 24.6 Å². The summed E-state index contributed by atoms with van der Waals surface area (Å²) in [4.78, 5) is 4.10. The lowest BCUT2D eigenvalue weighted by Crippen LogP contribution is -2.43. The summed E-state index contributed by atoms with van der Waals surface area (Å²) in [5, 5.41) is 7.33. The van der Waals surface area contributed by atoms with Gasteiger partial charge >= 0.3 is 12.1 Å². The van der Waals surface area contributed by atoms with E-state index >= 15 is 0 Å². The Balaban J connectivity index is 0.00000306. The molecule has 0 spiro atoms. The number of nitrogens with zero attached hydrogens (tertiary/aromatic N) is 3. The Kier molecular flexibility index (Phi) is 7.04. The predicted molar refractivity (Wildman–Crippen MR) is 112 cm³/mol. The Bertz CT molecular complexity index is 1080. The zero-order chi connectivity index (χ0) is 23.1. The molecule has 4 nitrogen and oxygen atoms in total. The first-order valence-corrected chi connectivity index (χ1v) is 9.70. The average molecular weight is 495 g/mol. The fourth-order valence-electron chi connectivity index (χ4n) is 3.71. The molecule has 1 N–H and O–H groups in total. The SMILES string of the molecule is Cl.Fc1ccc(N2N=C(C(F)(F)C(F)(F)F)CC2c2cncc(C3=CCNCC3)c2)c(F)c1. The summed E-state index contributed by atoms with van der Waals surface area (Å²) < 4.78 is 94.9. The van der Waals surface area contributed by atoms with Crippen molar-refractivity contribution >= 4 is 29.4 Å². The summed E-state index contributed by atoms with van der Waals surface area (Å²) in [6.07, 6.45) is -1.20. The van der Waals surface area contributed by atoms with Crippen molar-refractivity contribution in [2.45, 2.75) is 31.0 Å². The van der Waals surface area contributed by atoms with Gasteiger partial charge in [-0.1, -0.05) is 6.08 Å². The van der Waals surface area contributed by atoms with E-state index in [1.807, 2.05) is 6.08 Å². The third-order valence-electron chi connectivity index (χ3n) is 5.36. The van der Waals surface area contributed by atoms with Crippen LogP contribution in [0.15, 0.2) is 47.8 Å². The monoisotopic (exact) mass is 494 g/mol. The number of halogens is 8. The molecule has 0 bridgehead atoms. The molecule has 0 saturated carbocycles. The molecule has 3 heterocycles. The third kappa shape index (κ3) is 4.84. The first-order valence-electron chi connectivity index (χ1n) is 9.70. The number of anilines is 1. The van der Waals surface area contributed by atoms with Crippen molar-refractivity contribution in [2.24, 2.45) is 5.10 Å². The van der Waals surface area contributed by atoms with Crippen molar-refractivity contribution in [1.29, 1.82) is 0 Å². The summed E-state index contributed by atoms with van der Waals surface area (Å²) in [6, 6.07) is 2.76. The first kappa shape index (κ1) is 25.0. The van der Waals surface area contributed by atoms with Gasteiger partial charge in [0.25, 0.3) is 0 Å². The van der Waals surface area contributed by atoms with Crippen molar-refractivity contribution in [1.82, 2.24) is 10.3 Å². The minimum absolute atomic E-state index is 0. The second-order valence-corrected chi connectivity index (χ2v) is 7.47. The number of aromatic nitrogens is 1. The summed E-state index contributed by atoms with van der Waals surface area (Å²) >= 11 is 0. The van der Waals surface area contributed by atoms with Crippen LogP contribution >= 0.6 is 12.4 Å². The topological polar surface area (TPSA) is 40.5 Å². The molecule has 0 radical (unpaired) electrons. The van der Waals surface area contributed by atoms with Crippen molar-refractivity contribution in [3.05, 3.63) is 65.5 Å². The first-order chi connectivity index (χ1) is 15.1. The van der Waals surface area contributed by atoms with Crippen LogP contribution in [-0.4, -0.2) is 35.9 Å². The lowest BCUT2D eigenvalue weighted by atomic mass is 9.95. The second kappa shape index (κ2) is 9.30. The lowest BCUT2D eigenvalue weighted by Gasteiger charge is -2.25. The summed E-state index contributed by atoms with van der Waals surface area (Å²) in [6.45, 7) is 1.35. The molecule has 1 aromatic heterocycles. The van der Waals surface area contributed by atoms with Crippen LogP contribution in [0.3, 0.4) is 0 Å². The van der Waals surface area contributed by atoms with Gasteiger partial charge in [-0.25, -0.2) is 8.78 Å². The highest BCUT2D eigenvalue weighted by Gasteiger charge is 2.63. The maximum atomic E-state index is 14.4. The maximum Gasteiger partial charge on any atom is 0.459 e. The van der Waals surface area contributed by atoms with Gasteiger partial charge in [0.1, 0.15) is 11.5 Å². The predicted octanol–water partition coefficient (Wildman–Crippen LogP) is 5.66. The number of hydrogen-bond acceptors (Lipinski definition) is 4. The molecule has 0 amide bonds. The number of pyridine rings is 1. The van der Waals surface area contributed by atoms with Crippen molar-refractivity contribution in [3.8, 4) is 0 Å². The van der Waals surface area contributed by atoms with Gasteiger partial charge in [0.2, 0.25) is 0 Å². The Hall–Kier alpha value is -2.66. The van der Waals surface area contributed by atoms with Gasteiger partial charge in [-0.2, -0.15) is 27.1 Å². The van der Waals surface area contributed by atoms with E-state index in [9.17, 15) is 30.7 Å². The molecule has 1 atom stereocenters. The van der Waals surface area contributed by atoms with Crippen LogP contribution in [-0.2, 0) is 0 Å². The zero-order valence-corrected chi connectivity index (χ0v) is 17.7. The van der Waals surface area contributed by atoms with Gasteiger partial charge in [-0.05, 0) is 47.9 Å². The minimum Gasteiger partial charge on any atom is -0.313 e. The normalized spacial score (nSPS) is 19.1. The van der Waals surface area contributed by atoms with E-state index in [2.05, 4.69) is 15.4 Å². The molecule has 0 aliphatic carbocycles. The van der Waals surface area contributed by atoms with E-state index in [4.69, 9.17) is 0 Å². The Labute approximate surface area is 190 Å². The molecule has 1 aromatic carbocycles. The highest BCUT2D eigenvalue weighted by Crippen LogP contribution is 2.45. The van der Waals surface area contributed by atoms with E-state index in [1.54, 1.807) is 12.3 Å². The van der Waals surface area contributed by atoms with Crippen LogP contribution in [0.5, 0.6) is 0 Å². The Morgan fingerprint density at radius 2 is 1.79 bits per heavy atom. The number of nitrogens with one attached hydrogen (secondary N) is 1. The van der Waals surface area contributed by atoms with Crippen LogP contribution in [0, 0.1) is 11.6 Å². The quantitative estimate of drug-likeness (QED) is 0.557. The van der Waals surface area contributed by atoms with Gasteiger partial charge in [0, 0.05) is 31.4 Å². The molecule has 178 valence electrons. The summed E-state index contributed by atoms with van der Waals surface area (Å²) in [5.74, 6) is -7.27. The molecular weight excluding hydrogens is 477 g/mol. The van der Waals surface area contributed by atoms with E-state index < -0.39 is 47.6 Å². The molecule has 0 fully saturated rings. The number of hydrogen-bond donors (Lipinski definition) is 1. The standard InChI is InChI=1S/C21H17F7N4.ClH/c22-15-1-2-17(16(23)8-15)32-18(9-19(31-32)20(24,25)21(26,27)28)14-7-13(10-30-11-14)12-3-5-29-6-4-12;/h1-3,7-8,10-11,18,29H,4-6,9H2;1H. The Morgan fingerprint density at radius 1 is 1.03 bits per heavy atom. The summed E-state index contributed by atoms with van der Waals surface area (Å²) in [5.41, 5.74) is 0.0281. The molecule has 2 aromatic rings. The second-order valence-electron chi connectivity index (χ2n) is 7.47. The largest absolute Gasteiger partial charge is 0.459 e. The van der Waals surface area contributed by atoms with Gasteiger partial charge in [0.05, 0.1) is 11.7 Å². The van der Waals surface area contributed by atoms with Gasteiger partial charge in [-0.15, -0.1) is 12.4 Å². The average Bonchev–Trinajstić information content (AvgIpc) is 3.19. The molecule has 33 heavy (non-hydrogen) atoms. The molecule has 1 unspecified atom stereocenters.